The molecule has 6 heteroatoms. The monoisotopic (exact) mass is 469 g/mol. The quantitative estimate of drug-likeness (QED) is 0.403. The Morgan fingerprint density at radius 2 is 1.92 bits per heavy atom. The van der Waals surface area contributed by atoms with Gasteiger partial charge in [-0.25, -0.2) is 4.98 Å². The standard InChI is InChI=1S/C20H31N5.HI/c1-14(2)15-9-11-16(12-10-15)23-20(21-3)22-13-19-24-17-7-5-6-8-18(17)25(19)4;/h5-8,14-16H,9-13H2,1-4H3,(H2,21,22,23);1H. The van der Waals surface area contributed by atoms with Crippen LogP contribution in [0.4, 0.5) is 0 Å². The molecule has 0 bridgehead atoms. The molecule has 3 rings (SSSR count). The van der Waals surface area contributed by atoms with Crippen molar-refractivity contribution < 1.29 is 0 Å². The molecule has 0 radical (unpaired) electrons. The lowest BCUT2D eigenvalue weighted by Gasteiger charge is -2.32. The Balaban J connectivity index is 0.00000243. The number of nitrogens with one attached hydrogen (secondary N) is 2. The molecule has 1 aromatic heterocycles. The molecule has 0 spiro atoms. The summed E-state index contributed by atoms with van der Waals surface area (Å²) in [6.07, 6.45) is 5.10. The molecule has 1 aliphatic carbocycles. The molecule has 144 valence electrons. The van der Waals surface area contributed by atoms with Crippen LogP contribution in [0, 0.1) is 11.8 Å². The van der Waals surface area contributed by atoms with E-state index in [1.54, 1.807) is 0 Å². The van der Waals surface area contributed by atoms with E-state index in [1.807, 2.05) is 13.1 Å². The van der Waals surface area contributed by atoms with Gasteiger partial charge in [0.1, 0.15) is 5.82 Å². The van der Waals surface area contributed by atoms with Gasteiger partial charge in [-0.3, -0.25) is 4.99 Å². The maximum Gasteiger partial charge on any atom is 0.191 e. The van der Waals surface area contributed by atoms with Gasteiger partial charge in [-0.1, -0.05) is 26.0 Å². The fourth-order valence-electron chi connectivity index (χ4n) is 3.83. The van der Waals surface area contributed by atoms with Gasteiger partial charge in [-0.05, 0) is 49.7 Å². The fourth-order valence-corrected chi connectivity index (χ4v) is 3.83. The Morgan fingerprint density at radius 3 is 2.54 bits per heavy atom. The van der Waals surface area contributed by atoms with E-state index >= 15 is 0 Å². The van der Waals surface area contributed by atoms with Crippen molar-refractivity contribution in [3.05, 3.63) is 30.1 Å². The van der Waals surface area contributed by atoms with Gasteiger partial charge in [0.25, 0.3) is 0 Å². The van der Waals surface area contributed by atoms with Crippen LogP contribution in [0.1, 0.15) is 45.4 Å². The minimum atomic E-state index is 0. The van der Waals surface area contributed by atoms with Crippen LogP contribution in [0.15, 0.2) is 29.3 Å². The number of guanidine groups is 1. The zero-order valence-electron chi connectivity index (χ0n) is 16.3. The van der Waals surface area contributed by atoms with Crippen molar-refractivity contribution in [3.8, 4) is 0 Å². The average Bonchev–Trinajstić information content (AvgIpc) is 2.95. The molecular weight excluding hydrogens is 437 g/mol. The number of nitrogens with zero attached hydrogens (tertiary/aromatic N) is 3. The molecule has 1 saturated carbocycles. The van der Waals surface area contributed by atoms with E-state index < -0.39 is 0 Å². The number of rotatable bonds is 4. The minimum absolute atomic E-state index is 0. The maximum absolute atomic E-state index is 4.71. The second-order valence-electron chi connectivity index (χ2n) is 7.50. The minimum Gasteiger partial charge on any atom is -0.354 e. The zero-order chi connectivity index (χ0) is 17.8. The molecule has 1 aromatic carbocycles. The van der Waals surface area contributed by atoms with Gasteiger partial charge in [0.05, 0.1) is 17.6 Å². The second kappa shape index (κ2) is 9.58. The molecule has 2 N–H and O–H groups in total. The first-order valence-corrected chi connectivity index (χ1v) is 9.46. The summed E-state index contributed by atoms with van der Waals surface area (Å²) in [5, 5.41) is 7.01. The first-order valence-electron chi connectivity index (χ1n) is 9.46. The first-order chi connectivity index (χ1) is 12.1. The molecule has 1 aliphatic rings. The molecular formula is C20H32IN5. The van der Waals surface area contributed by atoms with Gasteiger partial charge in [-0.2, -0.15) is 0 Å². The van der Waals surface area contributed by atoms with Crippen LogP contribution in [0.25, 0.3) is 11.0 Å². The Hall–Kier alpha value is -1.31. The summed E-state index contributed by atoms with van der Waals surface area (Å²) in [6, 6.07) is 8.77. The van der Waals surface area contributed by atoms with Gasteiger partial charge in [0, 0.05) is 20.1 Å². The molecule has 0 amide bonds. The third-order valence-electron chi connectivity index (χ3n) is 5.57. The maximum atomic E-state index is 4.71. The van der Waals surface area contributed by atoms with E-state index in [0.29, 0.717) is 12.6 Å². The van der Waals surface area contributed by atoms with Crippen molar-refractivity contribution in [3.63, 3.8) is 0 Å². The Labute approximate surface area is 174 Å². The molecule has 0 unspecified atom stereocenters. The van der Waals surface area contributed by atoms with Gasteiger partial charge in [0.15, 0.2) is 5.96 Å². The van der Waals surface area contributed by atoms with E-state index in [1.165, 1.54) is 25.7 Å². The third kappa shape index (κ3) is 4.90. The number of aliphatic imine (C=N–C) groups is 1. The van der Waals surface area contributed by atoms with Crippen molar-refractivity contribution in [2.24, 2.45) is 23.9 Å². The van der Waals surface area contributed by atoms with Crippen LogP contribution in [-0.4, -0.2) is 28.6 Å². The highest BCUT2D eigenvalue weighted by Crippen LogP contribution is 2.29. The highest BCUT2D eigenvalue weighted by molar-refractivity contribution is 14.0. The number of halogens is 1. The van der Waals surface area contributed by atoms with E-state index in [4.69, 9.17) is 4.98 Å². The molecule has 1 fully saturated rings. The number of hydrogen-bond donors (Lipinski definition) is 2. The van der Waals surface area contributed by atoms with Crippen LogP contribution >= 0.6 is 24.0 Å². The van der Waals surface area contributed by atoms with Crippen LogP contribution in [0.2, 0.25) is 0 Å². The summed E-state index contributed by atoms with van der Waals surface area (Å²) in [7, 11) is 3.90. The molecule has 26 heavy (non-hydrogen) atoms. The summed E-state index contributed by atoms with van der Waals surface area (Å²) >= 11 is 0. The molecule has 5 nitrogen and oxygen atoms in total. The summed E-state index contributed by atoms with van der Waals surface area (Å²) in [4.78, 5) is 9.10. The highest BCUT2D eigenvalue weighted by Gasteiger charge is 2.23. The summed E-state index contributed by atoms with van der Waals surface area (Å²) in [6.45, 7) is 5.36. The lowest BCUT2D eigenvalue weighted by molar-refractivity contribution is 0.250. The van der Waals surface area contributed by atoms with Crippen LogP contribution in [0.3, 0.4) is 0 Å². The number of aryl methyl sites for hydroxylation is 1. The van der Waals surface area contributed by atoms with Gasteiger partial charge in [-0.15, -0.1) is 24.0 Å². The van der Waals surface area contributed by atoms with E-state index in [2.05, 4.69) is 59.3 Å². The normalized spacial score (nSPS) is 20.9. The summed E-state index contributed by atoms with van der Waals surface area (Å²) in [5.74, 6) is 3.58. The SMILES string of the molecule is CN=C(NCc1nc2ccccc2n1C)NC1CCC(C(C)C)CC1.I. The molecule has 0 saturated heterocycles. The molecule has 2 aromatic rings. The summed E-state index contributed by atoms with van der Waals surface area (Å²) < 4.78 is 2.14. The number of para-hydroxylation sites is 2. The van der Waals surface area contributed by atoms with Crippen LogP contribution < -0.4 is 10.6 Å². The molecule has 1 heterocycles. The first kappa shape index (κ1) is 21.0. The lowest BCUT2D eigenvalue weighted by Crippen LogP contribution is -2.45. The predicted octanol–water partition coefficient (Wildman–Crippen LogP) is 4.07. The predicted molar refractivity (Wildman–Crippen MR) is 120 cm³/mol. The largest absolute Gasteiger partial charge is 0.354 e. The molecule has 0 atom stereocenters. The third-order valence-corrected chi connectivity index (χ3v) is 5.57. The van der Waals surface area contributed by atoms with Gasteiger partial charge < -0.3 is 15.2 Å². The van der Waals surface area contributed by atoms with Crippen molar-refractivity contribution in [1.82, 2.24) is 20.2 Å². The number of aromatic nitrogens is 2. The Morgan fingerprint density at radius 1 is 1.23 bits per heavy atom. The van der Waals surface area contributed by atoms with Gasteiger partial charge in [0.2, 0.25) is 0 Å². The Bertz CT molecular complexity index is 729. The lowest BCUT2D eigenvalue weighted by atomic mass is 9.80. The molecule has 0 aliphatic heterocycles. The smallest absolute Gasteiger partial charge is 0.191 e. The van der Waals surface area contributed by atoms with E-state index in [0.717, 1.165) is 34.7 Å². The van der Waals surface area contributed by atoms with E-state index in [9.17, 15) is 0 Å². The number of imidazole rings is 1. The topological polar surface area (TPSA) is 54.2 Å². The van der Waals surface area contributed by atoms with Crippen molar-refractivity contribution in [1.29, 1.82) is 0 Å². The Kier molecular flexibility index (Phi) is 7.73. The highest BCUT2D eigenvalue weighted by atomic mass is 127. The number of fused-ring (bicyclic) bond motifs is 1. The fraction of sp³-hybridized carbons (Fsp3) is 0.600. The average molecular weight is 469 g/mol. The van der Waals surface area contributed by atoms with Gasteiger partial charge >= 0.3 is 0 Å². The summed E-state index contributed by atoms with van der Waals surface area (Å²) in [5.41, 5.74) is 2.20. The second-order valence-corrected chi connectivity index (χ2v) is 7.50. The van der Waals surface area contributed by atoms with Crippen molar-refractivity contribution in [2.75, 3.05) is 7.05 Å². The van der Waals surface area contributed by atoms with E-state index in [-0.39, 0.29) is 24.0 Å². The number of benzene rings is 1. The van der Waals surface area contributed by atoms with Crippen LogP contribution in [0.5, 0.6) is 0 Å². The van der Waals surface area contributed by atoms with Crippen molar-refractivity contribution >= 4 is 41.0 Å². The zero-order valence-corrected chi connectivity index (χ0v) is 18.7. The van der Waals surface area contributed by atoms with Crippen molar-refractivity contribution in [2.45, 2.75) is 52.1 Å². The number of hydrogen-bond acceptors (Lipinski definition) is 2. The van der Waals surface area contributed by atoms with Crippen LogP contribution in [-0.2, 0) is 13.6 Å².